The third-order valence-electron chi connectivity index (χ3n) is 6.89. The Hall–Kier alpha value is -3.13. The number of ether oxygens (including phenoxy) is 1. The minimum atomic E-state index is -0.297. The van der Waals surface area contributed by atoms with Crippen LogP contribution in [0.4, 0.5) is 11.5 Å². The molecule has 1 aliphatic heterocycles. The van der Waals surface area contributed by atoms with Gasteiger partial charge in [-0.25, -0.2) is 4.98 Å². The second-order valence-electron chi connectivity index (χ2n) is 9.02. The van der Waals surface area contributed by atoms with Crippen molar-refractivity contribution in [3.05, 3.63) is 42.2 Å². The first-order chi connectivity index (χ1) is 16.2. The van der Waals surface area contributed by atoms with Crippen LogP contribution in [0.5, 0.6) is 5.75 Å². The van der Waals surface area contributed by atoms with Crippen LogP contribution in [0, 0.1) is 0 Å². The van der Waals surface area contributed by atoms with E-state index in [0.29, 0.717) is 23.2 Å². The Morgan fingerprint density at radius 3 is 2.82 bits per heavy atom. The molecule has 0 unspecified atom stereocenters. The second-order valence-corrected chi connectivity index (χ2v) is 9.02. The first kappa shape index (κ1) is 21.7. The van der Waals surface area contributed by atoms with Crippen LogP contribution >= 0.6 is 0 Å². The molecule has 1 amide bonds. The van der Waals surface area contributed by atoms with E-state index in [9.17, 15) is 9.90 Å². The van der Waals surface area contributed by atoms with E-state index in [1.807, 2.05) is 24.3 Å². The van der Waals surface area contributed by atoms with E-state index in [-0.39, 0.29) is 18.6 Å². The molecule has 2 N–H and O–H groups in total. The maximum absolute atomic E-state index is 13.1. The van der Waals surface area contributed by atoms with Crippen molar-refractivity contribution < 1.29 is 14.6 Å². The number of amides is 1. The van der Waals surface area contributed by atoms with E-state index < -0.39 is 0 Å². The standard InChI is InChI=1S/C25H31N5O3/c1-33-23-14-21-17(15-30(28-21)18-7-3-2-4-8-18)13-22(23)27-25(32)20-10-5-11-24(26-20)29-12-6-9-19(29)16-31/h5,10-11,13-15,18-19,31H,2-4,6-9,12,16H2,1H3,(H,27,32)/t19-/m0/s1. The Balaban J connectivity index is 1.39. The number of carbonyl (C=O) groups excluding carboxylic acids is 1. The molecule has 5 rings (SSSR count). The average molecular weight is 450 g/mol. The number of aliphatic hydroxyl groups excluding tert-OH is 1. The van der Waals surface area contributed by atoms with Crippen molar-refractivity contribution in [3.63, 3.8) is 0 Å². The molecule has 1 aromatic carbocycles. The number of methoxy groups -OCH3 is 1. The quantitative estimate of drug-likeness (QED) is 0.587. The lowest BCUT2D eigenvalue weighted by Crippen LogP contribution is -2.33. The van der Waals surface area contributed by atoms with E-state index in [0.717, 1.165) is 48.9 Å². The minimum Gasteiger partial charge on any atom is -0.494 e. The summed E-state index contributed by atoms with van der Waals surface area (Å²) in [5, 5.41) is 18.4. The zero-order chi connectivity index (χ0) is 22.8. The summed E-state index contributed by atoms with van der Waals surface area (Å²) < 4.78 is 7.64. The van der Waals surface area contributed by atoms with Crippen LogP contribution in [-0.2, 0) is 0 Å². The van der Waals surface area contributed by atoms with Gasteiger partial charge in [0.25, 0.3) is 5.91 Å². The van der Waals surface area contributed by atoms with Gasteiger partial charge in [-0.15, -0.1) is 0 Å². The van der Waals surface area contributed by atoms with Gasteiger partial charge in [-0.05, 0) is 43.9 Å². The van der Waals surface area contributed by atoms with Crippen LogP contribution < -0.4 is 15.0 Å². The molecule has 33 heavy (non-hydrogen) atoms. The Bertz CT molecular complexity index is 1140. The Kier molecular flexibility index (Phi) is 6.17. The molecule has 8 nitrogen and oxygen atoms in total. The van der Waals surface area contributed by atoms with Crippen LogP contribution in [0.3, 0.4) is 0 Å². The molecule has 0 radical (unpaired) electrons. The van der Waals surface area contributed by atoms with Gasteiger partial charge in [0.2, 0.25) is 0 Å². The van der Waals surface area contributed by atoms with Crippen LogP contribution in [0.1, 0.15) is 61.5 Å². The number of hydrogen-bond donors (Lipinski definition) is 2. The zero-order valence-electron chi connectivity index (χ0n) is 19.0. The number of benzene rings is 1. The minimum absolute atomic E-state index is 0.0546. The van der Waals surface area contributed by atoms with Gasteiger partial charge in [-0.3, -0.25) is 9.48 Å². The van der Waals surface area contributed by atoms with E-state index in [1.165, 1.54) is 19.3 Å². The highest BCUT2D eigenvalue weighted by atomic mass is 16.5. The molecule has 2 aliphatic rings. The molecule has 8 heteroatoms. The van der Waals surface area contributed by atoms with Gasteiger partial charge < -0.3 is 20.1 Å². The van der Waals surface area contributed by atoms with Crippen molar-refractivity contribution in [1.29, 1.82) is 0 Å². The summed E-state index contributed by atoms with van der Waals surface area (Å²) in [5.41, 5.74) is 1.79. The van der Waals surface area contributed by atoms with Gasteiger partial charge >= 0.3 is 0 Å². The molecule has 3 aromatic rings. The highest BCUT2D eigenvalue weighted by molar-refractivity contribution is 6.05. The number of nitrogens with zero attached hydrogens (tertiary/aromatic N) is 4. The van der Waals surface area contributed by atoms with Gasteiger partial charge in [0.05, 0.1) is 37.0 Å². The summed E-state index contributed by atoms with van der Waals surface area (Å²) in [7, 11) is 1.59. The highest BCUT2D eigenvalue weighted by Gasteiger charge is 2.25. The third kappa shape index (κ3) is 4.39. The van der Waals surface area contributed by atoms with Gasteiger partial charge in [-0.2, -0.15) is 5.10 Å². The number of aliphatic hydroxyl groups is 1. The normalized spacial score (nSPS) is 19.2. The van der Waals surface area contributed by atoms with E-state index in [2.05, 4.69) is 26.1 Å². The summed E-state index contributed by atoms with van der Waals surface area (Å²) in [6.45, 7) is 0.919. The molecule has 1 atom stereocenters. The lowest BCUT2D eigenvalue weighted by atomic mass is 9.96. The molecular weight excluding hydrogens is 418 g/mol. The predicted octanol–water partition coefficient (Wildman–Crippen LogP) is 4.16. The number of aromatic nitrogens is 3. The highest BCUT2D eigenvalue weighted by Crippen LogP contribution is 2.33. The monoisotopic (exact) mass is 449 g/mol. The van der Waals surface area contributed by atoms with E-state index >= 15 is 0 Å². The van der Waals surface area contributed by atoms with Gasteiger partial charge in [0, 0.05) is 24.2 Å². The molecule has 2 fully saturated rings. The van der Waals surface area contributed by atoms with Crippen molar-refractivity contribution in [3.8, 4) is 5.75 Å². The van der Waals surface area contributed by atoms with Crippen LogP contribution in [0.2, 0.25) is 0 Å². The predicted molar refractivity (Wildman–Crippen MR) is 128 cm³/mol. The number of rotatable bonds is 6. The molecular formula is C25H31N5O3. The maximum atomic E-state index is 13.1. The maximum Gasteiger partial charge on any atom is 0.274 e. The van der Waals surface area contributed by atoms with Crippen LogP contribution in [0.25, 0.3) is 10.9 Å². The fourth-order valence-corrected chi connectivity index (χ4v) is 5.09. The van der Waals surface area contributed by atoms with Crippen molar-refractivity contribution in [2.75, 3.05) is 30.5 Å². The van der Waals surface area contributed by atoms with Crippen molar-refractivity contribution in [1.82, 2.24) is 14.8 Å². The Labute approximate surface area is 193 Å². The molecule has 1 aliphatic carbocycles. The number of hydrogen-bond acceptors (Lipinski definition) is 6. The van der Waals surface area contributed by atoms with E-state index in [4.69, 9.17) is 9.84 Å². The lowest BCUT2D eigenvalue weighted by molar-refractivity contribution is 0.102. The summed E-state index contributed by atoms with van der Waals surface area (Å²) >= 11 is 0. The second kappa shape index (κ2) is 9.39. The molecule has 3 heterocycles. The molecule has 1 saturated heterocycles. The topological polar surface area (TPSA) is 92.5 Å². The fraction of sp³-hybridized carbons (Fsp3) is 0.480. The fourth-order valence-electron chi connectivity index (χ4n) is 5.09. The number of carbonyl (C=O) groups is 1. The number of pyridine rings is 1. The number of nitrogens with one attached hydrogen (secondary N) is 1. The lowest BCUT2D eigenvalue weighted by Gasteiger charge is -2.24. The van der Waals surface area contributed by atoms with Gasteiger partial charge in [-0.1, -0.05) is 25.3 Å². The summed E-state index contributed by atoms with van der Waals surface area (Å²) in [6.07, 6.45) is 10.1. The largest absolute Gasteiger partial charge is 0.494 e. The van der Waals surface area contributed by atoms with E-state index in [1.54, 1.807) is 13.2 Å². The smallest absolute Gasteiger partial charge is 0.274 e. The van der Waals surface area contributed by atoms with Gasteiger partial charge in [0.1, 0.15) is 17.3 Å². The average Bonchev–Trinajstić information content (AvgIpc) is 3.51. The van der Waals surface area contributed by atoms with Crippen molar-refractivity contribution in [2.45, 2.75) is 57.0 Å². The van der Waals surface area contributed by atoms with Crippen LogP contribution in [-0.4, -0.2) is 52.1 Å². The molecule has 2 aromatic heterocycles. The van der Waals surface area contributed by atoms with Gasteiger partial charge in [0.15, 0.2) is 0 Å². The number of anilines is 2. The molecule has 0 bridgehead atoms. The molecule has 0 spiro atoms. The summed E-state index contributed by atoms with van der Waals surface area (Å²) in [5.74, 6) is 0.991. The Morgan fingerprint density at radius 1 is 1.18 bits per heavy atom. The molecule has 174 valence electrons. The SMILES string of the molecule is COc1cc2nn(C3CCCCC3)cc2cc1NC(=O)c1cccc(N2CCC[C@H]2CO)n1. The summed E-state index contributed by atoms with van der Waals surface area (Å²) in [6, 6.07) is 9.72. The summed E-state index contributed by atoms with van der Waals surface area (Å²) in [4.78, 5) is 19.7. The zero-order valence-corrected chi connectivity index (χ0v) is 19.0. The van der Waals surface area contributed by atoms with Crippen molar-refractivity contribution in [2.24, 2.45) is 0 Å². The Morgan fingerprint density at radius 2 is 2.03 bits per heavy atom. The first-order valence-corrected chi connectivity index (χ1v) is 11.9. The van der Waals surface area contributed by atoms with Crippen LogP contribution in [0.15, 0.2) is 36.5 Å². The van der Waals surface area contributed by atoms with Crippen molar-refractivity contribution >= 4 is 28.3 Å². The number of fused-ring (bicyclic) bond motifs is 1. The molecule has 1 saturated carbocycles. The third-order valence-corrected chi connectivity index (χ3v) is 6.89. The first-order valence-electron chi connectivity index (χ1n) is 11.9.